The van der Waals surface area contributed by atoms with Crippen molar-refractivity contribution in [2.24, 2.45) is 0 Å². The lowest BCUT2D eigenvalue weighted by Gasteiger charge is -2.09. The number of esters is 1. The third kappa shape index (κ3) is 6.50. The van der Waals surface area contributed by atoms with Crippen LogP contribution in [0.3, 0.4) is 0 Å². The first-order valence-corrected chi connectivity index (χ1v) is 9.07. The predicted octanol–water partition coefficient (Wildman–Crippen LogP) is 5.10. The average Bonchev–Trinajstić information content (AvgIpc) is 2.71. The van der Waals surface area contributed by atoms with Crippen LogP contribution in [0.1, 0.15) is 28.8 Å². The molecule has 2 aromatic rings. The van der Waals surface area contributed by atoms with E-state index in [1.807, 2.05) is 6.92 Å². The zero-order valence-corrected chi connectivity index (χ0v) is 16.4. The van der Waals surface area contributed by atoms with Crippen molar-refractivity contribution in [1.82, 2.24) is 0 Å². The standard InChI is InChI=1S/C23H26O5/c1-5-18(3)26-14-6-7-15-27-20-10-8-19(9-11-20)23(24)28-21-12-13-22(25-4)17(2)16-21/h5,8-13,16H,1,3,6-7,14-15H2,2,4H3. The Morgan fingerprint density at radius 2 is 1.71 bits per heavy atom. The van der Waals surface area contributed by atoms with Gasteiger partial charge in [-0.05, 0) is 73.9 Å². The van der Waals surface area contributed by atoms with E-state index < -0.39 is 5.97 Å². The summed E-state index contributed by atoms with van der Waals surface area (Å²) in [6, 6.07) is 12.1. The Bertz CT molecular complexity index is 808. The number of unbranched alkanes of at least 4 members (excludes halogenated alkanes) is 1. The molecule has 0 unspecified atom stereocenters. The Labute approximate surface area is 166 Å². The molecule has 5 nitrogen and oxygen atoms in total. The molecule has 0 fully saturated rings. The highest BCUT2D eigenvalue weighted by Crippen LogP contribution is 2.24. The molecule has 2 aromatic carbocycles. The van der Waals surface area contributed by atoms with Crippen LogP contribution in [0.25, 0.3) is 0 Å². The van der Waals surface area contributed by atoms with Gasteiger partial charge in [0.25, 0.3) is 0 Å². The minimum atomic E-state index is -0.421. The number of methoxy groups -OCH3 is 1. The van der Waals surface area contributed by atoms with E-state index >= 15 is 0 Å². The summed E-state index contributed by atoms with van der Waals surface area (Å²) in [5, 5.41) is 0. The zero-order chi connectivity index (χ0) is 20.4. The molecule has 0 atom stereocenters. The third-order valence-corrected chi connectivity index (χ3v) is 3.99. The van der Waals surface area contributed by atoms with E-state index in [1.165, 1.54) is 0 Å². The van der Waals surface area contributed by atoms with Gasteiger partial charge in [-0.2, -0.15) is 0 Å². The van der Waals surface area contributed by atoms with Gasteiger partial charge in [-0.25, -0.2) is 4.79 Å². The summed E-state index contributed by atoms with van der Waals surface area (Å²) in [6.45, 7) is 10.3. The maximum atomic E-state index is 12.3. The van der Waals surface area contributed by atoms with Crippen LogP contribution in [0.5, 0.6) is 17.2 Å². The van der Waals surface area contributed by atoms with Gasteiger partial charge in [0.05, 0.1) is 25.9 Å². The number of ether oxygens (including phenoxy) is 4. The highest BCUT2D eigenvalue weighted by atomic mass is 16.5. The maximum Gasteiger partial charge on any atom is 0.343 e. The second-order valence-corrected chi connectivity index (χ2v) is 6.12. The van der Waals surface area contributed by atoms with Crippen LogP contribution in [0.2, 0.25) is 0 Å². The summed E-state index contributed by atoms with van der Waals surface area (Å²) < 4.78 is 21.6. The summed E-state index contributed by atoms with van der Waals surface area (Å²) in [5.74, 6) is 2.08. The molecule has 0 aliphatic carbocycles. The first kappa shape index (κ1) is 21.1. The Balaban J connectivity index is 1.78. The molecule has 0 N–H and O–H groups in total. The predicted molar refractivity (Wildman–Crippen MR) is 109 cm³/mol. The van der Waals surface area contributed by atoms with Gasteiger partial charge in [-0.15, -0.1) is 0 Å². The molecule has 0 aromatic heterocycles. The van der Waals surface area contributed by atoms with Gasteiger partial charge in [0.2, 0.25) is 0 Å². The fourth-order valence-corrected chi connectivity index (χ4v) is 2.42. The molecule has 0 saturated heterocycles. The molecule has 0 amide bonds. The van der Waals surface area contributed by atoms with Crippen molar-refractivity contribution in [3.63, 3.8) is 0 Å². The molecule has 0 bridgehead atoms. The molecule has 0 heterocycles. The second kappa shape index (κ2) is 10.8. The van der Waals surface area contributed by atoms with E-state index in [9.17, 15) is 4.79 Å². The number of aryl methyl sites for hydroxylation is 1. The van der Waals surface area contributed by atoms with E-state index in [2.05, 4.69) is 13.2 Å². The molecule has 2 rings (SSSR count). The molecule has 0 radical (unpaired) electrons. The number of carbonyl (C=O) groups excluding carboxylic acids is 1. The van der Waals surface area contributed by atoms with Crippen LogP contribution < -0.4 is 14.2 Å². The highest BCUT2D eigenvalue weighted by Gasteiger charge is 2.10. The molecular weight excluding hydrogens is 356 g/mol. The number of hydrogen-bond donors (Lipinski definition) is 0. The zero-order valence-electron chi connectivity index (χ0n) is 16.4. The molecule has 5 heteroatoms. The third-order valence-electron chi connectivity index (χ3n) is 3.99. The van der Waals surface area contributed by atoms with E-state index in [1.54, 1.807) is 55.7 Å². The number of hydrogen-bond acceptors (Lipinski definition) is 5. The van der Waals surface area contributed by atoms with Crippen molar-refractivity contribution in [2.75, 3.05) is 20.3 Å². The molecule has 28 heavy (non-hydrogen) atoms. The quantitative estimate of drug-likeness (QED) is 0.178. The maximum absolute atomic E-state index is 12.3. The minimum Gasteiger partial charge on any atom is -0.496 e. The largest absolute Gasteiger partial charge is 0.496 e. The van der Waals surface area contributed by atoms with Gasteiger partial charge in [0.1, 0.15) is 23.0 Å². The van der Waals surface area contributed by atoms with Crippen LogP contribution in [-0.2, 0) is 4.74 Å². The highest BCUT2D eigenvalue weighted by molar-refractivity contribution is 5.91. The fourth-order valence-electron chi connectivity index (χ4n) is 2.42. The van der Waals surface area contributed by atoms with Crippen molar-refractivity contribution in [2.45, 2.75) is 19.8 Å². The summed E-state index contributed by atoms with van der Waals surface area (Å²) in [6.07, 6.45) is 3.29. The summed E-state index contributed by atoms with van der Waals surface area (Å²) >= 11 is 0. The summed E-state index contributed by atoms with van der Waals surface area (Å²) in [4.78, 5) is 12.3. The lowest BCUT2D eigenvalue weighted by molar-refractivity contribution is 0.0734. The normalized spacial score (nSPS) is 10.1. The summed E-state index contributed by atoms with van der Waals surface area (Å²) in [5.41, 5.74) is 1.35. The number of benzene rings is 2. The van der Waals surface area contributed by atoms with Crippen LogP contribution in [0, 0.1) is 6.92 Å². The second-order valence-electron chi connectivity index (χ2n) is 6.12. The van der Waals surface area contributed by atoms with Crippen molar-refractivity contribution in [3.05, 3.63) is 78.6 Å². The van der Waals surface area contributed by atoms with Gasteiger partial charge in [-0.1, -0.05) is 13.2 Å². The van der Waals surface area contributed by atoms with Crippen LogP contribution in [0.15, 0.2) is 67.5 Å². The van der Waals surface area contributed by atoms with Crippen LogP contribution in [-0.4, -0.2) is 26.3 Å². The Kier molecular flexibility index (Phi) is 8.15. The molecule has 0 saturated carbocycles. The molecular formula is C23H26O5. The molecule has 0 aliphatic rings. The lowest BCUT2D eigenvalue weighted by atomic mass is 10.2. The Morgan fingerprint density at radius 1 is 1.04 bits per heavy atom. The van der Waals surface area contributed by atoms with E-state index in [0.717, 1.165) is 24.2 Å². The number of rotatable bonds is 11. The van der Waals surface area contributed by atoms with Crippen molar-refractivity contribution in [3.8, 4) is 17.2 Å². The molecule has 0 spiro atoms. The van der Waals surface area contributed by atoms with E-state index in [0.29, 0.717) is 36.0 Å². The Morgan fingerprint density at radius 3 is 2.36 bits per heavy atom. The smallest absolute Gasteiger partial charge is 0.343 e. The molecule has 148 valence electrons. The van der Waals surface area contributed by atoms with Crippen LogP contribution >= 0.6 is 0 Å². The van der Waals surface area contributed by atoms with E-state index in [4.69, 9.17) is 18.9 Å². The van der Waals surface area contributed by atoms with Gasteiger partial charge in [0, 0.05) is 0 Å². The lowest BCUT2D eigenvalue weighted by Crippen LogP contribution is -2.08. The van der Waals surface area contributed by atoms with Crippen LogP contribution in [0.4, 0.5) is 0 Å². The minimum absolute atomic E-state index is 0.421. The van der Waals surface area contributed by atoms with Crippen molar-refractivity contribution < 1.29 is 23.7 Å². The first-order chi connectivity index (χ1) is 13.5. The van der Waals surface area contributed by atoms with Gasteiger partial charge in [-0.3, -0.25) is 0 Å². The number of carbonyl (C=O) groups is 1. The van der Waals surface area contributed by atoms with Crippen molar-refractivity contribution >= 4 is 5.97 Å². The van der Waals surface area contributed by atoms with Gasteiger partial charge in [0.15, 0.2) is 0 Å². The van der Waals surface area contributed by atoms with E-state index in [-0.39, 0.29) is 0 Å². The average molecular weight is 382 g/mol. The van der Waals surface area contributed by atoms with Crippen molar-refractivity contribution in [1.29, 1.82) is 0 Å². The monoisotopic (exact) mass is 382 g/mol. The SMILES string of the molecule is C=CC(=C)OCCCCOc1ccc(C(=O)Oc2ccc(OC)c(C)c2)cc1. The summed E-state index contributed by atoms with van der Waals surface area (Å²) in [7, 11) is 1.60. The topological polar surface area (TPSA) is 54.0 Å². The molecule has 0 aliphatic heterocycles. The fraction of sp³-hybridized carbons (Fsp3) is 0.261. The number of allylic oxidation sites excluding steroid dienone is 1. The Hall–Kier alpha value is -3.21. The first-order valence-electron chi connectivity index (χ1n) is 9.07. The van der Waals surface area contributed by atoms with Gasteiger partial charge >= 0.3 is 5.97 Å². The van der Waals surface area contributed by atoms with Gasteiger partial charge < -0.3 is 18.9 Å².